The number of hydrogen-bond acceptors (Lipinski definition) is 7. The predicted molar refractivity (Wildman–Crippen MR) is 165 cm³/mol. The highest BCUT2D eigenvalue weighted by atomic mass is 16.5. The lowest BCUT2D eigenvalue weighted by atomic mass is 9.93. The Hall–Kier alpha value is -4.14. The van der Waals surface area contributed by atoms with Crippen molar-refractivity contribution in [3.63, 3.8) is 0 Å². The minimum absolute atomic E-state index is 0.0969. The lowest BCUT2D eigenvalue weighted by Gasteiger charge is -2.29. The molecule has 2 heterocycles. The van der Waals surface area contributed by atoms with Crippen LogP contribution in [0.5, 0.6) is 11.5 Å². The summed E-state index contributed by atoms with van der Waals surface area (Å²) in [6.07, 6.45) is 1.58. The first kappa shape index (κ1) is 30.3. The highest BCUT2D eigenvalue weighted by molar-refractivity contribution is 6.46. The zero-order valence-electron chi connectivity index (χ0n) is 25.0. The molecule has 2 fully saturated rings. The maximum Gasteiger partial charge on any atom is 0.295 e. The summed E-state index contributed by atoms with van der Waals surface area (Å²) in [6, 6.07) is 22.0. The van der Waals surface area contributed by atoms with Gasteiger partial charge in [0.2, 0.25) is 0 Å². The Bertz CT molecular complexity index is 1430. The van der Waals surface area contributed by atoms with Crippen LogP contribution in [-0.2, 0) is 20.9 Å². The van der Waals surface area contributed by atoms with Gasteiger partial charge in [-0.1, -0.05) is 49.4 Å². The van der Waals surface area contributed by atoms with E-state index in [2.05, 4.69) is 4.90 Å². The average Bonchev–Trinajstić information content (AvgIpc) is 3.29. The molecular weight excluding hydrogens is 544 g/mol. The Balaban J connectivity index is 1.43. The molecule has 1 N–H and O–H groups in total. The van der Waals surface area contributed by atoms with Crippen molar-refractivity contribution in [3.8, 4) is 11.5 Å². The molecule has 8 nitrogen and oxygen atoms in total. The Labute approximate surface area is 253 Å². The van der Waals surface area contributed by atoms with Crippen LogP contribution in [0.4, 0.5) is 0 Å². The molecule has 43 heavy (non-hydrogen) atoms. The molecule has 1 atom stereocenters. The zero-order valence-corrected chi connectivity index (χ0v) is 25.0. The number of rotatable bonds is 12. The monoisotopic (exact) mass is 584 g/mol. The molecule has 226 valence electrons. The smallest absolute Gasteiger partial charge is 0.295 e. The number of nitrogens with zero attached hydrogens (tertiary/aromatic N) is 2. The molecule has 1 unspecified atom stereocenters. The molecule has 0 aliphatic carbocycles. The molecule has 2 aliphatic rings. The van der Waals surface area contributed by atoms with Crippen molar-refractivity contribution in [1.29, 1.82) is 0 Å². The largest absolute Gasteiger partial charge is 0.507 e. The van der Waals surface area contributed by atoms with E-state index in [9.17, 15) is 14.7 Å². The highest BCUT2D eigenvalue weighted by Crippen LogP contribution is 2.40. The van der Waals surface area contributed by atoms with Gasteiger partial charge in [-0.3, -0.25) is 14.5 Å². The molecular formula is C35H40N2O6. The minimum atomic E-state index is -0.719. The number of carbonyl (C=O) groups is 2. The second-order valence-electron chi connectivity index (χ2n) is 11.0. The van der Waals surface area contributed by atoms with E-state index in [-0.39, 0.29) is 11.3 Å². The summed E-state index contributed by atoms with van der Waals surface area (Å²) in [5, 5.41) is 11.6. The molecule has 3 aromatic rings. The van der Waals surface area contributed by atoms with Crippen molar-refractivity contribution in [2.24, 2.45) is 0 Å². The predicted octanol–water partition coefficient (Wildman–Crippen LogP) is 5.51. The quantitative estimate of drug-likeness (QED) is 0.171. The molecule has 2 aliphatic heterocycles. The first-order chi connectivity index (χ1) is 21.0. The lowest BCUT2D eigenvalue weighted by molar-refractivity contribution is -0.140. The number of Topliss-reactive ketones (excluding diaryl/α,β-unsaturated/α-hetero) is 1. The summed E-state index contributed by atoms with van der Waals surface area (Å²) in [6.45, 7) is 9.20. The Morgan fingerprint density at radius 2 is 1.65 bits per heavy atom. The van der Waals surface area contributed by atoms with E-state index in [4.69, 9.17) is 14.2 Å². The van der Waals surface area contributed by atoms with Gasteiger partial charge in [-0.2, -0.15) is 0 Å². The van der Waals surface area contributed by atoms with E-state index in [0.717, 1.165) is 42.7 Å². The summed E-state index contributed by atoms with van der Waals surface area (Å²) in [5.74, 6) is -0.0806. The standard InChI is InChI=1S/C35H40N2O6/c1-3-20-42-29-14-15-30(25(2)23-29)33(38)31-32(27-10-12-28(13-11-27)43-24-26-8-5-4-6-9-26)37(35(40)34(31)39)17-7-16-36-18-21-41-22-19-36/h4-6,8-15,23,32,38H,3,7,16-22,24H2,1-2H3/b33-31+. The molecule has 0 aromatic heterocycles. The molecule has 8 heteroatoms. The maximum absolute atomic E-state index is 13.5. The fraction of sp³-hybridized carbons (Fsp3) is 0.371. The van der Waals surface area contributed by atoms with Gasteiger partial charge in [-0.25, -0.2) is 0 Å². The van der Waals surface area contributed by atoms with E-state index in [1.54, 1.807) is 17.0 Å². The van der Waals surface area contributed by atoms with Crippen LogP contribution in [0.2, 0.25) is 0 Å². The third kappa shape index (κ3) is 7.27. The van der Waals surface area contributed by atoms with Gasteiger partial charge in [-0.15, -0.1) is 0 Å². The van der Waals surface area contributed by atoms with Crippen LogP contribution in [0, 0.1) is 6.92 Å². The van der Waals surface area contributed by atoms with E-state index < -0.39 is 17.7 Å². The van der Waals surface area contributed by atoms with Gasteiger partial charge < -0.3 is 24.2 Å². The summed E-state index contributed by atoms with van der Waals surface area (Å²) < 4.78 is 17.2. The summed E-state index contributed by atoms with van der Waals surface area (Å²) in [7, 11) is 0. The van der Waals surface area contributed by atoms with Crippen LogP contribution < -0.4 is 9.47 Å². The van der Waals surface area contributed by atoms with Gasteiger partial charge in [0.25, 0.3) is 11.7 Å². The van der Waals surface area contributed by atoms with E-state index in [0.29, 0.717) is 56.5 Å². The van der Waals surface area contributed by atoms with Crippen LogP contribution in [0.1, 0.15) is 48.1 Å². The van der Waals surface area contributed by atoms with E-state index >= 15 is 0 Å². The number of amides is 1. The molecule has 3 aromatic carbocycles. The second-order valence-corrected chi connectivity index (χ2v) is 11.0. The van der Waals surface area contributed by atoms with Crippen molar-refractivity contribution in [1.82, 2.24) is 9.80 Å². The van der Waals surface area contributed by atoms with Crippen molar-refractivity contribution < 1.29 is 28.9 Å². The first-order valence-corrected chi connectivity index (χ1v) is 15.0. The molecule has 0 bridgehead atoms. The summed E-state index contributed by atoms with van der Waals surface area (Å²) in [5.41, 5.74) is 3.15. The van der Waals surface area contributed by atoms with Crippen molar-refractivity contribution in [2.45, 2.75) is 39.3 Å². The topological polar surface area (TPSA) is 88.5 Å². The summed E-state index contributed by atoms with van der Waals surface area (Å²) >= 11 is 0. The molecule has 5 rings (SSSR count). The Morgan fingerprint density at radius 1 is 0.930 bits per heavy atom. The Morgan fingerprint density at radius 3 is 2.35 bits per heavy atom. The number of carbonyl (C=O) groups excluding carboxylic acids is 2. The van der Waals surface area contributed by atoms with Crippen molar-refractivity contribution in [3.05, 3.63) is 101 Å². The molecule has 0 saturated carbocycles. The number of likely N-dealkylation sites (tertiary alicyclic amines) is 1. The van der Waals surface area contributed by atoms with Crippen LogP contribution in [0.3, 0.4) is 0 Å². The van der Waals surface area contributed by atoms with E-state index in [1.165, 1.54) is 0 Å². The maximum atomic E-state index is 13.5. The van der Waals surface area contributed by atoms with Crippen molar-refractivity contribution >= 4 is 17.4 Å². The van der Waals surface area contributed by atoms with E-state index in [1.807, 2.05) is 74.5 Å². The number of ether oxygens (including phenoxy) is 3. The van der Waals surface area contributed by atoms with Crippen LogP contribution in [0.15, 0.2) is 78.4 Å². The molecule has 1 amide bonds. The fourth-order valence-electron chi connectivity index (χ4n) is 5.59. The summed E-state index contributed by atoms with van der Waals surface area (Å²) in [4.78, 5) is 30.9. The number of benzene rings is 3. The van der Waals surface area contributed by atoms with Crippen LogP contribution in [0.25, 0.3) is 5.76 Å². The van der Waals surface area contributed by atoms with Crippen molar-refractivity contribution in [2.75, 3.05) is 46.0 Å². The number of ketones is 1. The van der Waals surface area contributed by atoms with Gasteiger partial charge in [0.05, 0.1) is 31.4 Å². The van der Waals surface area contributed by atoms with Gasteiger partial charge in [0, 0.05) is 31.7 Å². The Kier molecular flexibility index (Phi) is 10.1. The SMILES string of the molecule is CCCOc1ccc(/C(O)=C2\C(=O)C(=O)N(CCCN3CCOCC3)C2c2ccc(OCc3ccccc3)cc2)c(C)c1. The first-order valence-electron chi connectivity index (χ1n) is 15.0. The van der Waals surface area contributed by atoms with Gasteiger partial charge >= 0.3 is 0 Å². The molecule has 2 saturated heterocycles. The number of aryl methyl sites for hydroxylation is 1. The van der Waals surface area contributed by atoms with Crippen LogP contribution in [-0.4, -0.2) is 72.6 Å². The molecule has 0 spiro atoms. The average molecular weight is 585 g/mol. The third-order valence-corrected chi connectivity index (χ3v) is 7.89. The number of aliphatic hydroxyl groups excluding tert-OH is 1. The van der Waals surface area contributed by atoms with Gasteiger partial charge in [0.1, 0.15) is 23.9 Å². The zero-order chi connectivity index (χ0) is 30.2. The third-order valence-electron chi connectivity index (χ3n) is 7.89. The number of aliphatic hydroxyl groups is 1. The number of hydrogen-bond donors (Lipinski definition) is 1. The second kappa shape index (κ2) is 14.4. The normalized spacial score (nSPS) is 18.7. The lowest BCUT2D eigenvalue weighted by Crippen LogP contribution is -2.38. The highest BCUT2D eigenvalue weighted by Gasteiger charge is 2.46. The minimum Gasteiger partial charge on any atom is -0.507 e. The molecule has 0 radical (unpaired) electrons. The van der Waals surface area contributed by atoms with Gasteiger partial charge in [-0.05, 0) is 66.8 Å². The van der Waals surface area contributed by atoms with Crippen LogP contribution >= 0.6 is 0 Å². The number of morpholine rings is 1. The van der Waals surface area contributed by atoms with Gasteiger partial charge in [0.15, 0.2) is 0 Å². The fourth-order valence-corrected chi connectivity index (χ4v) is 5.59.